The van der Waals surface area contributed by atoms with Gasteiger partial charge in [-0.1, -0.05) is 28.1 Å². The van der Waals surface area contributed by atoms with Crippen LogP contribution in [0.3, 0.4) is 0 Å². The van der Waals surface area contributed by atoms with E-state index in [1.165, 1.54) is 31.6 Å². The average Bonchev–Trinajstić information content (AvgIpc) is 3.57. The number of alkyl halides is 1. The standard InChI is InChI=1S/C33H22BrN5O10/c1-49-15-6-5-11(8-14(15)37-16(40)9-34)17-12-10-36-25-18(17)23(30(43)44)33(21(12)29(41)42)22-19-20(28(32(47)48)39(33)27(19)31(45)46)24(38-26(22)25)13-4-2-3-7-35-13/h2-8,10,21,23,27-28H,9H2,1H3,(H,37,40)(H,41,42)(H,43,44)(H,45,46)(H,47,48). The van der Waals surface area contributed by atoms with Crippen molar-refractivity contribution in [3.63, 3.8) is 0 Å². The number of benzene rings is 1. The number of anilines is 1. The van der Waals surface area contributed by atoms with Crippen LogP contribution in [-0.4, -0.2) is 82.5 Å². The van der Waals surface area contributed by atoms with Gasteiger partial charge in [-0.2, -0.15) is 0 Å². The average molecular weight is 728 g/mol. The number of pyridine rings is 3. The third-order valence-electron chi connectivity index (χ3n) is 9.81. The summed E-state index contributed by atoms with van der Waals surface area (Å²) < 4.78 is 5.42. The summed E-state index contributed by atoms with van der Waals surface area (Å²) in [5.41, 5.74) is -0.984. The maximum Gasteiger partial charge on any atom is 0.325 e. The number of aliphatic carboxylic acids is 4. The molecule has 246 valence electrons. The topological polar surface area (TPSA) is 229 Å². The van der Waals surface area contributed by atoms with Gasteiger partial charge >= 0.3 is 23.9 Å². The zero-order valence-electron chi connectivity index (χ0n) is 25.0. The minimum atomic E-state index is -2.22. The second-order valence-electron chi connectivity index (χ2n) is 11.9. The van der Waals surface area contributed by atoms with Gasteiger partial charge in [-0.05, 0) is 46.5 Å². The summed E-state index contributed by atoms with van der Waals surface area (Å²) in [6, 6.07) is 6.01. The zero-order chi connectivity index (χ0) is 34.7. The van der Waals surface area contributed by atoms with E-state index >= 15 is 0 Å². The van der Waals surface area contributed by atoms with Crippen molar-refractivity contribution < 1.29 is 49.1 Å². The largest absolute Gasteiger partial charge is 0.495 e. The Morgan fingerprint density at radius 1 is 0.878 bits per heavy atom. The smallest absolute Gasteiger partial charge is 0.325 e. The van der Waals surface area contributed by atoms with Crippen LogP contribution in [0.15, 0.2) is 48.8 Å². The van der Waals surface area contributed by atoms with Gasteiger partial charge in [0, 0.05) is 29.1 Å². The fourth-order valence-electron chi connectivity index (χ4n) is 8.46. The van der Waals surface area contributed by atoms with Crippen molar-refractivity contribution in [1.29, 1.82) is 0 Å². The predicted molar refractivity (Wildman–Crippen MR) is 170 cm³/mol. The van der Waals surface area contributed by atoms with E-state index in [0.717, 1.165) is 4.90 Å². The number of hydrogen-bond acceptors (Lipinski definition) is 10. The number of carboxylic acids is 4. The van der Waals surface area contributed by atoms with Crippen molar-refractivity contribution in [1.82, 2.24) is 19.9 Å². The Balaban J connectivity index is 1.54. The summed E-state index contributed by atoms with van der Waals surface area (Å²) in [5.74, 6) is -9.79. The van der Waals surface area contributed by atoms with Crippen LogP contribution in [0.5, 0.6) is 5.75 Å². The minimum Gasteiger partial charge on any atom is -0.495 e. The lowest BCUT2D eigenvalue weighted by molar-refractivity contribution is -0.167. The highest BCUT2D eigenvalue weighted by molar-refractivity contribution is 9.09. The van der Waals surface area contributed by atoms with Crippen molar-refractivity contribution in [3.8, 4) is 39.7 Å². The Morgan fingerprint density at radius 2 is 1.59 bits per heavy atom. The highest BCUT2D eigenvalue weighted by Gasteiger charge is 2.76. The number of hydrogen-bond donors (Lipinski definition) is 5. The van der Waals surface area contributed by atoms with Crippen molar-refractivity contribution in [3.05, 3.63) is 76.6 Å². The summed E-state index contributed by atoms with van der Waals surface area (Å²) in [5, 5.41) is 46.2. The quantitative estimate of drug-likeness (QED) is 0.156. The van der Waals surface area contributed by atoms with Crippen LogP contribution < -0.4 is 10.1 Å². The van der Waals surface area contributed by atoms with Crippen LogP contribution >= 0.6 is 15.9 Å². The number of nitrogens with one attached hydrogen (secondary N) is 1. The van der Waals surface area contributed by atoms with Crippen molar-refractivity contribution in [2.75, 3.05) is 17.8 Å². The molecule has 16 heteroatoms. The lowest BCUT2D eigenvalue weighted by Gasteiger charge is -2.56. The molecule has 15 nitrogen and oxygen atoms in total. The molecule has 8 rings (SSSR count). The van der Waals surface area contributed by atoms with Crippen molar-refractivity contribution in [2.45, 2.75) is 29.5 Å². The van der Waals surface area contributed by atoms with Gasteiger partial charge in [-0.25, -0.2) is 4.98 Å². The van der Waals surface area contributed by atoms with E-state index in [1.807, 2.05) is 0 Å². The summed E-state index contributed by atoms with van der Waals surface area (Å²) in [6.07, 6.45) is 2.75. The molecule has 5 bridgehead atoms. The van der Waals surface area contributed by atoms with Crippen LogP contribution in [-0.2, 0) is 29.5 Å². The molecule has 1 aromatic carbocycles. The molecule has 3 aromatic heterocycles. The lowest BCUT2D eigenvalue weighted by atomic mass is 9.54. The number of fused-ring (bicyclic) bond motifs is 3. The monoisotopic (exact) mass is 727 g/mol. The van der Waals surface area contributed by atoms with E-state index in [2.05, 4.69) is 31.2 Å². The third-order valence-corrected chi connectivity index (χ3v) is 10.3. The number of methoxy groups -OCH3 is 1. The summed E-state index contributed by atoms with van der Waals surface area (Å²) in [4.78, 5) is 80.8. The van der Waals surface area contributed by atoms with Crippen LogP contribution in [0.2, 0.25) is 0 Å². The fraction of sp³-hybridized carbons (Fsp3) is 0.212. The fourth-order valence-corrected chi connectivity index (χ4v) is 8.60. The number of carboxylic acid groups (broad SMARTS) is 4. The molecule has 6 atom stereocenters. The van der Waals surface area contributed by atoms with E-state index in [1.54, 1.807) is 24.3 Å². The second-order valence-corrected chi connectivity index (χ2v) is 12.5. The maximum atomic E-state index is 13.6. The molecular formula is C33H22BrN5O10. The number of ether oxygens (including phenoxy) is 1. The van der Waals surface area contributed by atoms with Gasteiger partial charge in [0.25, 0.3) is 0 Å². The highest BCUT2D eigenvalue weighted by Crippen LogP contribution is 2.74. The molecule has 4 aliphatic rings. The SMILES string of the molecule is COc1ccc(-c2c3cnc4c2C(C(=O)O)C2(c5c-4nc(-c4ccccn4)c4c5C(C(=O)O)N2C4C(=O)O)C3C(=O)O)cc1NC(=O)CBr. The number of amides is 1. The zero-order valence-corrected chi connectivity index (χ0v) is 26.6. The number of carbonyl (C=O) groups is 5. The Morgan fingerprint density at radius 3 is 2.20 bits per heavy atom. The van der Waals surface area contributed by atoms with Gasteiger partial charge in [-0.3, -0.25) is 38.8 Å². The molecule has 5 N–H and O–H groups in total. The number of nitrogens with zero attached hydrogens (tertiary/aromatic N) is 4. The van der Waals surface area contributed by atoms with E-state index < -0.39 is 59.2 Å². The van der Waals surface area contributed by atoms with E-state index in [9.17, 15) is 44.4 Å². The van der Waals surface area contributed by atoms with Gasteiger partial charge in [0.15, 0.2) is 0 Å². The molecule has 1 spiro atoms. The number of aromatic nitrogens is 3. The van der Waals surface area contributed by atoms with E-state index in [-0.39, 0.29) is 72.9 Å². The molecule has 6 unspecified atom stereocenters. The lowest BCUT2D eigenvalue weighted by Crippen LogP contribution is -2.61. The van der Waals surface area contributed by atoms with Crippen molar-refractivity contribution in [2.24, 2.45) is 0 Å². The molecule has 4 aromatic rings. The van der Waals surface area contributed by atoms with E-state index in [0.29, 0.717) is 5.56 Å². The number of carbonyl (C=O) groups excluding carboxylic acids is 1. The second kappa shape index (κ2) is 10.4. The first-order valence-electron chi connectivity index (χ1n) is 14.8. The molecule has 2 aliphatic carbocycles. The summed E-state index contributed by atoms with van der Waals surface area (Å²) in [7, 11) is 1.39. The molecule has 49 heavy (non-hydrogen) atoms. The third kappa shape index (κ3) is 3.69. The minimum absolute atomic E-state index is 0.0104. The Bertz CT molecular complexity index is 2210. The first-order valence-corrected chi connectivity index (χ1v) is 15.9. The van der Waals surface area contributed by atoms with Crippen molar-refractivity contribution >= 4 is 51.4 Å². The first-order chi connectivity index (χ1) is 23.5. The van der Waals surface area contributed by atoms with Crippen LogP contribution in [0.1, 0.15) is 51.7 Å². The van der Waals surface area contributed by atoms with Gasteiger partial charge in [-0.15, -0.1) is 0 Å². The molecule has 0 saturated carbocycles. The number of rotatable bonds is 9. The van der Waals surface area contributed by atoms with Gasteiger partial charge in [0.2, 0.25) is 5.91 Å². The van der Waals surface area contributed by atoms with Gasteiger partial charge in [0.05, 0.1) is 46.4 Å². The molecule has 0 radical (unpaired) electrons. The normalized spacial score (nSPS) is 24.4. The molecule has 0 fully saturated rings. The molecule has 5 heterocycles. The van der Waals surface area contributed by atoms with Crippen LogP contribution in [0.4, 0.5) is 5.69 Å². The predicted octanol–water partition coefficient (Wildman–Crippen LogP) is 3.35. The molecular weight excluding hydrogens is 706 g/mol. The Labute approximate surface area is 283 Å². The molecule has 0 saturated heterocycles. The highest BCUT2D eigenvalue weighted by atomic mass is 79.9. The van der Waals surface area contributed by atoms with Gasteiger partial charge < -0.3 is 30.5 Å². The molecule has 1 amide bonds. The Hall–Kier alpha value is -5.74. The molecule has 2 aliphatic heterocycles. The Kier molecular flexibility index (Phi) is 6.48. The summed E-state index contributed by atoms with van der Waals surface area (Å²) >= 11 is 3.10. The van der Waals surface area contributed by atoms with Gasteiger partial charge in [0.1, 0.15) is 29.7 Å². The summed E-state index contributed by atoms with van der Waals surface area (Å²) in [6.45, 7) is 0. The maximum absolute atomic E-state index is 13.6. The van der Waals surface area contributed by atoms with Crippen LogP contribution in [0.25, 0.3) is 33.9 Å². The first kappa shape index (κ1) is 30.6. The van der Waals surface area contributed by atoms with E-state index in [4.69, 9.17) is 9.72 Å². The number of halogens is 1. The van der Waals surface area contributed by atoms with Crippen LogP contribution in [0, 0.1) is 0 Å².